The van der Waals surface area contributed by atoms with E-state index in [1.807, 2.05) is 24.1 Å². The van der Waals surface area contributed by atoms with E-state index in [1.165, 1.54) is 12.0 Å². The smallest absolute Gasteiger partial charge is 0.253 e. The van der Waals surface area contributed by atoms with Crippen molar-refractivity contribution < 1.29 is 4.79 Å². The lowest BCUT2D eigenvalue weighted by molar-refractivity contribution is 0.0652. The highest BCUT2D eigenvalue weighted by Gasteiger charge is 2.26. The SMILES string of the molecule is CN(C(=O)c1ccc2c(c1)NCC2)C1CCC1. The van der Waals surface area contributed by atoms with Gasteiger partial charge in [0.25, 0.3) is 5.91 Å². The molecular formula is C14H18N2O. The van der Waals surface area contributed by atoms with Crippen LogP contribution in [0.25, 0.3) is 0 Å². The lowest BCUT2D eigenvalue weighted by atomic mass is 9.91. The summed E-state index contributed by atoms with van der Waals surface area (Å²) in [7, 11) is 1.92. The Morgan fingerprint density at radius 3 is 2.94 bits per heavy atom. The maximum atomic E-state index is 12.3. The minimum atomic E-state index is 0.159. The number of fused-ring (bicyclic) bond motifs is 1. The van der Waals surface area contributed by atoms with Gasteiger partial charge in [0.2, 0.25) is 0 Å². The summed E-state index contributed by atoms with van der Waals surface area (Å²) in [6, 6.07) is 6.50. The summed E-state index contributed by atoms with van der Waals surface area (Å²) in [6.45, 7) is 0.992. The number of amides is 1. The molecule has 1 aliphatic carbocycles. The topological polar surface area (TPSA) is 32.3 Å². The van der Waals surface area contributed by atoms with Gasteiger partial charge in [-0.25, -0.2) is 0 Å². The van der Waals surface area contributed by atoms with Crippen molar-refractivity contribution in [1.82, 2.24) is 4.90 Å². The molecule has 3 heteroatoms. The van der Waals surface area contributed by atoms with Crippen LogP contribution in [0.3, 0.4) is 0 Å². The Bertz CT molecular complexity index is 452. The first-order valence-electron chi connectivity index (χ1n) is 6.39. The summed E-state index contributed by atoms with van der Waals surface area (Å²) in [5, 5.41) is 3.32. The van der Waals surface area contributed by atoms with E-state index < -0.39 is 0 Å². The molecule has 0 unspecified atom stereocenters. The first kappa shape index (κ1) is 10.6. The Balaban J connectivity index is 1.81. The van der Waals surface area contributed by atoms with Gasteiger partial charge in [-0.1, -0.05) is 6.07 Å². The highest BCUT2D eigenvalue weighted by molar-refractivity contribution is 5.95. The van der Waals surface area contributed by atoms with Crippen LogP contribution in [0.4, 0.5) is 5.69 Å². The van der Waals surface area contributed by atoms with Gasteiger partial charge < -0.3 is 10.2 Å². The number of hydrogen-bond donors (Lipinski definition) is 1. The van der Waals surface area contributed by atoms with Gasteiger partial charge >= 0.3 is 0 Å². The number of rotatable bonds is 2. The van der Waals surface area contributed by atoms with Gasteiger partial charge in [0, 0.05) is 30.9 Å². The van der Waals surface area contributed by atoms with Crippen LogP contribution in [0.2, 0.25) is 0 Å². The number of hydrogen-bond acceptors (Lipinski definition) is 2. The van der Waals surface area contributed by atoms with Gasteiger partial charge in [-0.05, 0) is 43.4 Å². The second-order valence-electron chi connectivity index (χ2n) is 5.05. The summed E-state index contributed by atoms with van der Waals surface area (Å²) < 4.78 is 0. The Morgan fingerprint density at radius 1 is 1.41 bits per heavy atom. The van der Waals surface area contributed by atoms with E-state index in [1.54, 1.807) is 0 Å². The molecule has 0 bridgehead atoms. The van der Waals surface area contributed by atoms with Crippen LogP contribution in [0.5, 0.6) is 0 Å². The Morgan fingerprint density at radius 2 is 2.24 bits per heavy atom. The molecule has 1 aromatic carbocycles. The van der Waals surface area contributed by atoms with Crippen molar-refractivity contribution in [3.63, 3.8) is 0 Å². The van der Waals surface area contributed by atoms with Crippen molar-refractivity contribution in [2.24, 2.45) is 0 Å². The van der Waals surface area contributed by atoms with E-state index in [0.717, 1.165) is 37.1 Å². The largest absolute Gasteiger partial charge is 0.384 e. The molecular weight excluding hydrogens is 212 g/mol. The lowest BCUT2D eigenvalue weighted by Gasteiger charge is -2.34. The van der Waals surface area contributed by atoms with Crippen molar-refractivity contribution in [1.29, 1.82) is 0 Å². The second kappa shape index (κ2) is 4.06. The number of anilines is 1. The molecule has 90 valence electrons. The minimum absolute atomic E-state index is 0.159. The summed E-state index contributed by atoms with van der Waals surface area (Å²) in [5.41, 5.74) is 3.28. The lowest BCUT2D eigenvalue weighted by Crippen LogP contribution is -2.41. The second-order valence-corrected chi connectivity index (χ2v) is 5.05. The minimum Gasteiger partial charge on any atom is -0.384 e. The Kier molecular flexibility index (Phi) is 2.54. The third kappa shape index (κ3) is 1.79. The Labute approximate surface area is 102 Å². The predicted octanol–water partition coefficient (Wildman–Crippen LogP) is 2.28. The highest BCUT2D eigenvalue weighted by Crippen LogP contribution is 2.27. The van der Waals surface area contributed by atoms with Gasteiger partial charge in [0.15, 0.2) is 0 Å². The van der Waals surface area contributed by atoms with Gasteiger partial charge in [0.05, 0.1) is 0 Å². The number of nitrogens with zero attached hydrogens (tertiary/aromatic N) is 1. The first-order valence-corrected chi connectivity index (χ1v) is 6.39. The average Bonchev–Trinajstić information content (AvgIpc) is 2.72. The van der Waals surface area contributed by atoms with E-state index >= 15 is 0 Å². The third-order valence-corrected chi connectivity index (χ3v) is 4.01. The van der Waals surface area contributed by atoms with Crippen LogP contribution in [-0.2, 0) is 6.42 Å². The molecule has 1 amide bonds. The van der Waals surface area contributed by atoms with E-state index in [0.29, 0.717) is 6.04 Å². The summed E-state index contributed by atoms with van der Waals surface area (Å²) in [4.78, 5) is 14.2. The molecule has 1 N–H and O–H groups in total. The highest BCUT2D eigenvalue weighted by atomic mass is 16.2. The molecule has 0 aromatic heterocycles. The average molecular weight is 230 g/mol. The van der Waals surface area contributed by atoms with Gasteiger partial charge in [0.1, 0.15) is 0 Å². The number of carbonyl (C=O) groups is 1. The molecule has 1 heterocycles. The zero-order valence-corrected chi connectivity index (χ0v) is 10.2. The van der Waals surface area contributed by atoms with Crippen LogP contribution < -0.4 is 5.32 Å². The Hall–Kier alpha value is -1.51. The fourth-order valence-electron chi connectivity index (χ4n) is 2.57. The molecule has 0 atom stereocenters. The van der Waals surface area contributed by atoms with E-state index in [9.17, 15) is 4.79 Å². The van der Waals surface area contributed by atoms with Crippen LogP contribution >= 0.6 is 0 Å². The van der Waals surface area contributed by atoms with Crippen LogP contribution in [0.1, 0.15) is 35.2 Å². The zero-order valence-electron chi connectivity index (χ0n) is 10.2. The monoisotopic (exact) mass is 230 g/mol. The van der Waals surface area contributed by atoms with Gasteiger partial charge in [-0.2, -0.15) is 0 Å². The quantitative estimate of drug-likeness (QED) is 0.845. The zero-order chi connectivity index (χ0) is 11.8. The van der Waals surface area contributed by atoms with E-state index in [4.69, 9.17) is 0 Å². The molecule has 1 fully saturated rings. The molecule has 1 aromatic rings. The summed E-state index contributed by atoms with van der Waals surface area (Å²) in [5.74, 6) is 0.159. The molecule has 2 aliphatic rings. The van der Waals surface area contributed by atoms with Crippen molar-refractivity contribution in [2.75, 3.05) is 18.9 Å². The standard InChI is InChI=1S/C14H18N2O/c1-16(12-3-2-4-12)14(17)11-6-5-10-7-8-15-13(10)9-11/h5-6,9,12,15H,2-4,7-8H2,1H3. The maximum absolute atomic E-state index is 12.3. The number of nitrogens with one attached hydrogen (secondary N) is 1. The van der Waals surface area contributed by atoms with Crippen molar-refractivity contribution in [3.8, 4) is 0 Å². The van der Waals surface area contributed by atoms with Gasteiger partial charge in [-0.15, -0.1) is 0 Å². The number of carbonyl (C=O) groups excluding carboxylic acids is 1. The maximum Gasteiger partial charge on any atom is 0.253 e. The molecule has 0 spiro atoms. The van der Waals surface area contributed by atoms with Crippen molar-refractivity contribution >= 4 is 11.6 Å². The third-order valence-electron chi connectivity index (χ3n) is 4.01. The van der Waals surface area contributed by atoms with Crippen LogP contribution in [0.15, 0.2) is 18.2 Å². The van der Waals surface area contributed by atoms with E-state index in [2.05, 4.69) is 11.4 Å². The summed E-state index contributed by atoms with van der Waals surface area (Å²) >= 11 is 0. The van der Waals surface area contributed by atoms with Crippen LogP contribution in [0, 0.1) is 0 Å². The molecule has 3 rings (SSSR count). The fourth-order valence-corrected chi connectivity index (χ4v) is 2.57. The molecule has 3 nitrogen and oxygen atoms in total. The molecule has 1 saturated carbocycles. The molecule has 1 aliphatic heterocycles. The normalized spacial score (nSPS) is 18.2. The molecule has 0 saturated heterocycles. The molecule has 17 heavy (non-hydrogen) atoms. The van der Waals surface area contributed by atoms with Gasteiger partial charge in [-0.3, -0.25) is 4.79 Å². The fraction of sp³-hybridized carbons (Fsp3) is 0.500. The first-order chi connectivity index (χ1) is 8.25. The number of benzene rings is 1. The molecule has 0 radical (unpaired) electrons. The van der Waals surface area contributed by atoms with E-state index in [-0.39, 0.29) is 5.91 Å². The van der Waals surface area contributed by atoms with Crippen molar-refractivity contribution in [3.05, 3.63) is 29.3 Å². The predicted molar refractivity (Wildman–Crippen MR) is 68.4 cm³/mol. The van der Waals surface area contributed by atoms with Crippen LogP contribution in [-0.4, -0.2) is 30.4 Å². The van der Waals surface area contributed by atoms with Crippen molar-refractivity contribution in [2.45, 2.75) is 31.7 Å². The summed E-state index contributed by atoms with van der Waals surface area (Å²) in [6.07, 6.45) is 4.65.